The predicted molar refractivity (Wildman–Crippen MR) is 126 cm³/mol. The van der Waals surface area contributed by atoms with Crippen molar-refractivity contribution in [2.75, 3.05) is 0 Å². The zero-order valence-corrected chi connectivity index (χ0v) is 19.6. The Balaban J connectivity index is 1.75. The van der Waals surface area contributed by atoms with Crippen LogP contribution in [-0.4, -0.2) is 4.33 Å². The van der Waals surface area contributed by atoms with E-state index in [-0.39, 0.29) is 0 Å². The lowest BCUT2D eigenvalue weighted by Crippen LogP contribution is -1.95. The molecule has 0 aromatic carbocycles. The van der Waals surface area contributed by atoms with Gasteiger partial charge in [-0.1, -0.05) is 75.6 Å². The lowest BCUT2D eigenvalue weighted by Gasteiger charge is -2.04. The van der Waals surface area contributed by atoms with E-state index in [1.54, 1.807) is 22.7 Å². The van der Waals surface area contributed by atoms with Gasteiger partial charge in [-0.25, -0.2) is 0 Å². The van der Waals surface area contributed by atoms with Crippen LogP contribution in [0, 0.1) is 0 Å². The molecule has 4 heteroatoms. The largest absolute Gasteiger partial charge is 0.171 e. The van der Waals surface area contributed by atoms with Crippen molar-refractivity contribution in [1.29, 1.82) is 0 Å². The van der Waals surface area contributed by atoms with Crippen LogP contribution in [0.25, 0.3) is 11.1 Å². The molecule has 2 aromatic rings. The third-order valence-electron chi connectivity index (χ3n) is 5.36. The number of hydrogen-bond acceptors (Lipinski definition) is 2. The molecule has 0 aliphatic heterocycles. The van der Waals surface area contributed by atoms with Crippen molar-refractivity contribution in [3.05, 3.63) is 43.8 Å². The van der Waals surface area contributed by atoms with E-state index in [1.807, 2.05) is 0 Å². The van der Waals surface area contributed by atoms with Crippen LogP contribution in [0.2, 0.25) is 0 Å². The minimum Gasteiger partial charge on any atom is -0.144 e. The molecular formula is C23H30Cl2S2. The summed E-state index contributed by atoms with van der Waals surface area (Å²) in [7, 11) is 0. The first-order valence-corrected chi connectivity index (χ1v) is 12.9. The zero-order chi connectivity index (χ0) is 19.3. The van der Waals surface area contributed by atoms with Crippen molar-refractivity contribution in [3.63, 3.8) is 0 Å². The van der Waals surface area contributed by atoms with Gasteiger partial charge in [-0.3, -0.25) is 0 Å². The Morgan fingerprint density at radius 1 is 0.704 bits per heavy atom. The van der Waals surface area contributed by atoms with Crippen LogP contribution in [0.4, 0.5) is 0 Å². The minimum absolute atomic E-state index is 0.800. The van der Waals surface area contributed by atoms with Gasteiger partial charge in [0, 0.05) is 20.9 Å². The van der Waals surface area contributed by atoms with Gasteiger partial charge in [-0.2, -0.15) is 0 Å². The van der Waals surface area contributed by atoms with E-state index in [0.29, 0.717) is 0 Å². The molecule has 0 bridgehead atoms. The Hall–Kier alpha value is -0.280. The fraction of sp³-hybridized carbons (Fsp3) is 0.565. The second kappa shape index (κ2) is 9.96. The van der Waals surface area contributed by atoms with Gasteiger partial charge in [0.05, 0.1) is 0 Å². The molecule has 27 heavy (non-hydrogen) atoms. The summed E-state index contributed by atoms with van der Waals surface area (Å²) >= 11 is 17.1. The molecule has 0 nitrogen and oxygen atoms in total. The van der Waals surface area contributed by atoms with Gasteiger partial charge < -0.3 is 0 Å². The number of aryl methyl sites for hydroxylation is 2. The average Bonchev–Trinajstić information content (AvgIpc) is 3.06. The topological polar surface area (TPSA) is 0 Å². The molecule has 0 radical (unpaired) electrons. The SMILES string of the molecule is CCCCCCc1ccsc1C1=C(c2sccc2CCCCCC)C1(Cl)Cl. The lowest BCUT2D eigenvalue weighted by atomic mass is 10.1. The van der Waals surface area contributed by atoms with Crippen LogP contribution in [0.1, 0.15) is 86.1 Å². The quantitative estimate of drug-likeness (QED) is 0.227. The fourth-order valence-electron chi connectivity index (χ4n) is 3.74. The van der Waals surface area contributed by atoms with Crippen molar-refractivity contribution in [3.8, 4) is 0 Å². The van der Waals surface area contributed by atoms with E-state index in [4.69, 9.17) is 23.2 Å². The summed E-state index contributed by atoms with van der Waals surface area (Å²) in [6, 6.07) is 4.53. The molecule has 0 atom stereocenters. The van der Waals surface area contributed by atoms with E-state index >= 15 is 0 Å². The van der Waals surface area contributed by atoms with Crippen molar-refractivity contribution in [2.45, 2.75) is 82.4 Å². The number of hydrogen-bond donors (Lipinski definition) is 0. The molecule has 0 saturated heterocycles. The first-order chi connectivity index (χ1) is 13.1. The molecule has 2 aromatic heterocycles. The van der Waals surface area contributed by atoms with Crippen LogP contribution in [0.3, 0.4) is 0 Å². The van der Waals surface area contributed by atoms with Crippen molar-refractivity contribution in [2.24, 2.45) is 0 Å². The summed E-state index contributed by atoms with van der Waals surface area (Å²) in [5, 5.41) is 4.38. The molecule has 148 valence electrons. The maximum atomic E-state index is 6.77. The van der Waals surface area contributed by atoms with E-state index in [2.05, 4.69) is 36.7 Å². The molecule has 2 heterocycles. The van der Waals surface area contributed by atoms with Gasteiger partial charge in [-0.05, 0) is 59.7 Å². The van der Waals surface area contributed by atoms with Crippen molar-refractivity contribution >= 4 is 57.0 Å². The molecule has 0 unspecified atom stereocenters. The predicted octanol–water partition coefficient (Wildman–Crippen LogP) is 9.15. The monoisotopic (exact) mass is 440 g/mol. The summed E-state index contributed by atoms with van der Waals surface area (Å²) in [5.74, 6) is 0. The number of rotatable bonds is 12. The van der Waals surface area contributed by atoms with E-state index in [9.17, 15) is 0 Å². The molecular weight excluding hydrogens is 411 g/mol. The van der Waals surface area contributed by atoms with Crippen LogP contribution < -0.4 is 0 Å². The first-order valence-electron chi connectivity index (χ1n) is 10.4. The second-order valence-electron chi connectivity index (χ2n) is 7.50. The lowest BCUT2D eigenvalue weighted by molar-refractivity contribution is 0.667. The minimum atomic E-state index is -0.800. The standard InChI is InChI=1S/C23H30Cl2S2/c1-3-5-7-9-11-17-13-15-26-21(17)19-20(23(19,24)25)22-18(14-16-27-22)12-10-8-6-4-2/h13-16H,3-12H2,1-2H3. The first kappa shape index (κ1) is 21.4. The number of allylic oxidation sites excluding steroid dienone is 2. The fourth-order valence-corrected chi connectivity index (χ4v) is 6.75. The zero-order valence-electron chi connectivity index (χ0n) is 16.5. The summed E-state index contributed by atoms with van der Waals surface area (Å²) in [6.45, 7) is 4.51. The molecule has 1 aliphatic rings. The highest BCUT2D eigenvalue weighted by Gasteiger charge is 2.54. The van der Waals surface area contributed by atoms with E-state index in [0.717, 1.165) is 12.8 Å². The number of halogens is 2. The Labute approximate surface area is 182 Å². The van der Waals surface area contributed by atoms with Gasteiger partial charge in [0.15, 0.2) is 4.33 Å². The molecule has 0 spiro atoms. The highest BCUT2D eigenvalue weighted by molar-refractivity contribution is 7.13. The van der Waals surface area contributed by atoms with Gasteiger partial charge in [0.25, 0.3) is 0 Å². The summed E-state index contributed by atoms with van der Waals surface area (Å²) < 4.78 is -0.800. The van der Waals surface area contributed by atoms with Gasteiger partial charge in [0.1, 0.15) is 0 Å². The van der Waals surface area contributed by atoms with Crippen LogP contribution >= 0.6 is 45.9 Å². The van der Waals surface area contributed by atoms with E-state index in [1.165, 1.54) is 83.4 Å². The molecule has 0 saturated carbocycles. The molecule has 1 aliphatic carbocycles. The molecule has 0 amide bonds. The van der Waals surface area contributed by atoms with Gasteiger partial charge >= 0.3 is 0 Å². The normalized spacial score (nSPS) is 15.6. The highest BCUT2D eigenvalue weighted by atomic mass is 35.5. The van der Waals surface area contributed by atoms with Gasteiger partial charge in [-0.15, -0.1) is 22.7 Å². The third kappa shape index (κ3) is 5.01. The van der Waals surface area contributed by atoms with Crippen molar-refractivity contribution in [1.82, 2.24) is 0 Å². The molecule has 3 rings (SSSR count). The summed E-state index contributed by atoms with van der Waals surface area (Å²) in [6.07, 6.45) is 12.6. The maximum Gasteiger partial charge on any atom is 0.171 e. The molecule has 0 N–H and O–H groups in total. The number of thiophene rings is 2. The average molecular weight is 442 g/mol. The second-order valence-corrected chi connectivity index (χ2v) is 10.7. The summed E-state index contributed by atoms with van der Waals surface area (Å²) in [4.78, 5) is 2.63. The molecule has 0 fully saturated rings. The van der Waals surface area contributed by atoms with E-state index < -0.39 is 4.33 Å². The Bertz CT molecular complexity index is 705. The highest BCUT2D eigenvalue weighted by Crippen LogP contribution is 2.66. The maximum absolute atomic E-state index is 6.77. The van der Waals surface area contributed by atoms with Crippen LogP contribution in [0.15, 0.2) is 22.9 Å². The Morgan fingerprint density at radius 2 is 1.15 bits per heavy atom. The van der Waals surface area contributed by atoms with Crippen LogP contribution in [-0.2, 0) is 12.8 Å². The van der Waals surface area contributed by atoms with Crippen LogP contribution in [0.5, 0.6) is 0 Å². The Kier molecular flexibility index (Phi) is 7.91. The number of unbranched alkanes of at least 4 members (excludes halogenated alkanes) is 6. The number of alkyl halides is 2. The smallest absolute Gasteiger partial charge is 0.144 e. The summed E-state index contributed by atoms with van der Waals surface area (Å²) in [5.41, 5.74) is 5.19. The third-order valence-corrected chi connectivity index (χ3v) is 8.07. The van der Waals surface area contributed by atoms with Crippen molar-refractivity contribution < 1.29 is 0 Å². The van der Waals surface area contributed by atoms with Gasteiger partial charge in [0.2, 0.25) is 0 Å². The Morgan fingerprint density at radius 3 is 1.56 bits per heavy atom.